The SMILES string of the molecule is CCn1ccnc1SCC#N. The highest BCUT2D eigenvalue weighted by Gasteiger charge is 1.99. The Kier molecular flexibility index (Phi) is 2.99. The van der Waals surface area contributed by atoms with Gasteiger partial charge in [-0.3, -0.25) is 0 Å². The first-order chi connectivity index (χ1) is 5.38. The molecule has 0 saturated heterocycles. The molecule has 11 heavy (non-hydrogen) atoms. The Labute approximate surface area is 70.0 Å². The second-order valence-corrected chi connectivity index (χ2v) is 2.89. The second-order valence-electron chi connectivity index (χ2n) is 1.94. The molecule has 0 saturated carbocycles. The number of hydrogen-bond acceptors (Lipinski definition) is 3. The van der Waals surface area contributed by atoms with E-state index in [0.717, 1.165) is 11.7 Å². The molecule has 3 nitrogen and oxygen atoms in total. The van der Waals surface area contributed by atoms with Gasteiger partial charge < -0.3 is 4.57 Å². The monoisotopic (exact) mass is 167 g/mol. The number of imidazole rings is 1. The molecule has 0 radical (unpaired) electrons. The van der Waals surface area contributed by atoms with Crippen LogP contribution in [-0.2, 0) is 6.54 Å². The normalized spacial score (nSPS) is 9.45. The van der Waals surface area contributed by atoms with Crippen molar-refractivity contribution in [3.63, 3.8) is 0 Å². The Morgan fingerprint density at radius 3 is 3.27 bits per heavy atom. The van der Waals surface area contributed by atoms with E-state index in [1.54, 1.807) is 6.20 Å². The van der Waals surface area contributed by atoms with Crippen LogP contribution in [0.4, 0.5) is 0 Å². The standard InChI is InChI=1S/C7H9N3S/c1-2-10-5-4-9-7(10)11-6-3-8/h4-5H,2,6H2,1H3. The van der Waals surface area contributed by atoms with Crippen LogP contribution in [-0.4, -0.2) is 15.3 Å². The number of rotatable bonds is 3. The lowest BCUT2D eigenvalue weighted by molar-refractivity contribution is 0.681. The third-order valence-corrected chi connectivity index (χ3v) is 2.16. The fourth-order valence-electron chi connectivity index (χ4n) is 0.773. The summed E-state index contributed by atoms with van der Waals surface area (Å²) in [7, 11) is 0. The molecule has 0 aromatic carbocycles. The Morgan fingerprint density at radius 1 is 1.82 bits per heavy atom. The molecule has 1 heterocycles. The molecular formula is C7H9N3S. The van der Waals surface area contributed by atoms with Crippen molar-refractivity contribution in [2.24, 2.45) is 0 Å². The van der Waals surface area contributed by atoms with E-state index in [2.05, 4.69) is 18.0 Å². The summed E-state index contributed by atoms with van der Waals surface area (Å²) >= 11 is 1.47. The van der Waals surface area contributed by atoms with Gasteiger partial charge in [0.2, 0.25) is 0 Å². The predicted molar refractivity (Wildman–Crippen MR) is 44.2 cm³/mol. The molecule has 0 amide bonds. The van der Waals surface area contributed by atoms with Crippen LogP contribution in [0.3, 0.4) is 0 Å². The number of aromatic nitrogens is 2. The van der Waals surface area contributed by atoms with Gasteiger partial charge >= 0.3 is 0 Å². The van der Waals surface area contributed by atoms with Crippen molar-refractivity contribution in [2.75, 3.05) is 5.75 Å². The van der Waals surface area contributed by atoms with Crippen LogP contribution in [0.2, 0.25) is 0 Å². The molecule has 0 fully saturated rings. The van der Waals surface area contributed by atoms with Crippen LogP contribution in [0, 0.1) is 11.3 Å². The number of nitriles is 1. The molecule has 0 aliphatic heterocycles. The molecule has 0 spiro atoms. The predicted octanol–water partition coefficient (Wildman–Crippen LogP) is 1.52. The molecule has 0 bridgehead atoms. The van der Waals surface area contributed by atoms with Gasteiger partial charge in [-0.1, -0.05) is 11.8 Å². The Hall–Kier alpha value is -0.950. The zero-order valence-electron chi connectivity index (χ0n) is 6.32. The zero-order valence-corrected chi connectivity index (χ0v) is 7.14. The maximum Gasteiger partial charge on any atom is 0.168 e. The molecule has 0 atom stereocenters. The topological polar surface area (TPSA) is 41.6 Å². The molecule has 1 aromatic heterocycles. The van der Waals surface area contributed by atoms with Gasteiger partial charge in [0.05, 0.1) is 11.8 Å². The van der Waals surface area contributed by atoms with Gasteiger partial charge in [-0.25, -0.2) is 4.98 Å². The number of aryl methyl sites for hydroxylation is 1. The van der Waals surface area contributed by atoms with E-state index < -0.39 is 0 Å². The first-order valence-corrected chi connectivity index (χ1v) is 4.38. The van der Waals surface area contributed by atoms with Crippen LogP contribution in [0.25, 0.3) is 0 Å². The lowest BCUT2D eigenvalue weighted by atomic mass is 10.7. The van der Waals surface area contributed by atoms with Gasteiger partial charge in [-0.05, 0) is 6.92 Å². The third-order valence-electron chi connectivity index (χ3n) is 1.28. The van der Waals surface area contributed by atoms with Crippen LogP contribution in [0.5, 0.6) is 0 Å². The van der Waals surface area contributed by atoms with E-state index in [1.165, 1.54) is 11.8 Å². The molecule has 1 aromatic rings. The average Bonchev–Trinajstić information content (AvgIpc) is 2.47. The highest BCUT2D eigenvalue weighted by molar-refractivity contribution is 7.99. The molecular weight excluding hydrogens is 158 g/mol. The number of thioether (sulfide) groups is 1. The maximum absolute atomic E-state index is 8.32. The van der Waals surface area contributed by atoms with Crippen LogP contribution in [0.15, 0.2) is 17.6 Å². The Balaban J connectivity index is 2.62. The van der Waals surface area contributed by atoms with E-state index in [-0.39, 0.29) is 0 Å². The van der Waals surface area contributed by atoms with Crippen LogP contribution >= 0.6 is 11.8 Å². The van der Waals surface area contributed by atoms with E-state index in [4.69, 9.17) is 5.26 Å². The molecule has 0 unspecified atom stereocenters. The third kappa shape index (κ3) is 1.99. The smallest absolute Gasteiger partial charge is 0.168 e. The average molecular weight is 167 g/mol. The molecule has 1 rings (SSSR count). The van der Waals surface area contributed by atoms with E-state index >= 15 is 0 Å². The van der Waals surface area contributed by atoms with E-state index in [0.29, 0.717) is 5.75 Å². The van der Waals surface area contributed by atoms with Crippen molar-refractivity contribution in [1.82, 2.24) is 9.55 Å². The summed E-state index contributed by atoms with van der Waals surface area (Å²) in [5.41, 5.74) is 0. The maximum atomic E-state index is 8.32. The minimum absolute atomic E-state index is 0.469. The second kappa shape index (κ2) is 4.04. The van der Waals surface area contributed by atoms with Crippen molar-refractivity contribution in [2.45, 2.75) is 18.6 Å². The summed E-state index contributed by atoms with van der Waals surface area (Å²) in [6.45, 7) is 2.96. The highest BCUT2D eigenvalue weighted by Crippen LogP contribution is 2.13. The molecule has 0 N–H and O–H groups in total. The summed E-state index contributed by atoms with van der Waals surface area (Å²) in [4.78, 5) is 4.10. The summed E-state index contributed by atoms with van der Waals surface area (Å²) in [5, 5.41) is 9.25. The summed E-state index contributed by atoms with van der Waals surface area (Å²) < 4.78 is 2.02. The van der Waals surface area contributed by atoms with Gasteiger partial charge in [-0.15, -0.1) is 0 Å². The lowest BCUT2D eigenvalue weighted by Gasteiger charge is -1.99. The van der Waals surface area contributed by atoms with Gasteiger partial charge in [0.25, 0.3) is 0 Å². The van der Waals surface area contributed by atoms with Gasteiger partial charge in [0.1, 0.15) is 0 Å². The fourth-order valence-corrected chi connectivity index (χ4v) is 1.46. The van der Waals surface area contributed by atoms with Gasteiger partial charge in [0, 0.05) is 18.9 Å². The zero-order chi connectivity index (χ0) is 8.10. The quantitative estimate of drug-likeness (QED) is 0.641. The molecule has 0 aliphatic rings. The lowest BCUT2D eigenvalue weighted by Crippen LogP contribution is -1.94. The highest BCUT2D eigenvalue weighted by atomic mass is 32.2. The van der Waals surface area contributed by atoms with E-state index in [1.807, 2.05) is 10.8 Å². The summed E-state index contributed by atoms with van der Waals surface area (Å²) in [6, 6.07) is 2.07. The Bertz CT molecular complexity index is 261. The number of nitrogens with zero attached hydrogens (tertiary/aromatic N) is 3. The minimum Gasteiger partial charge on any atom is -0.326 e. The van der Waals surface area contributed by atoms with Crippen molar-refractivity contribution in [3.05, 3.63) is 12.4 Å². The van der Waals surface area contributed by atoms with Crippen molar-refractivity contribution in [3.8, 4) is 6.07 Å². The minimum atomic E-state index is 0.469. The number of hydrogen-bond donors (Lipinski definition) is 0. The van der Waals surface area contributed by atoms with Crippen molar-refractivity contribution >= 4 is 11.8 Å². The van der Waals surface area contributed by atoms with Crippen molar-refractivity contribution in [1.29, 1.82) is 5.26 Å². The summed E-state index contributed by atoms with van der Waals surface area (Å²) in [5.74, 6) is 0.469. The first kappa shape index (κ1) is 8.15. The van der Waals surface area contributed by atoms with Crippen molar-refractivity contribution < 1.29 is 0 Å². The molecule has 4 heteroatoms. The summed E-state index contributed by atoms with van der Waals surface area (Å²) in [6.07, 6.45) is 3.67. The van der Waals surface area contributed by atoms with Crippen LogP contribution < -0.4 is 0 Å². The first-order valence-electron chi connectivity index (χ1n) is 3.39. The largest absolute Gasteiger partial charge is 0.326 e. The van der Waals surface area contributed by atoms with E-state index in [9.17, 15) is 0 Å². The van der Waals surface area contributed by atoms with Gasteiger partial charge in [-0.2, -0.15) is 5.26 Å². The Morgan fingerprint density at radius 2 is 2.64 bits per heavy atom. The molecule has 58 valence electrons. The fraction of sp³-hybridized carbons (Fsp3) is 0.429. The molecule has 0 aliphatic carbocycles. The van der Waals surface area contributed by atoms with Crippen LogP contribution in [0.1, 0.15) is 6.92 Å². The van der Waals surface area contributed by atoms with Gasteiger partial charge in [0.15, 0.2) is 5.16 Å².